The average molecular weight is 298 g/mol. The molecule has 0 spiro atoms. The van der Waals surface area contributed by atoms with E-state index in [4.69, 9.17) is 10.5 Å². The Morgan fingerprint density at radius 2 is 2.19 bits per heavy atom. The minimum atomic E-state index is 0.673. The van der Waals surface area contributed by atoms with Gasteiger partial charge in [-0.15, -0.1) is 0 Å². The summed E-state index contributed by atoms with van der Waals surface area (Å²) in [5.74, 6) is 0.808. The maximum absolute atomic E-state index is 5.72. The summed E-state index contributed by atoms with van der Waals surface area (Å²) in [6.07, 6.45) is 0.927. The van der Waals surface area contributed by atoms with Crippen LogP contribution in [-0.2, 0) is 6.42 Å². The first-order valence-electron chi connectivity index (χ1n) is 4.94. The van der Waals surface area contributed by atoms with Gasteiger partial charge in [0.05, 0.1) is 6.61 Å². The molecule has 84 valence electrons. The van der Waals surface area contributed by atoms with E-state index >= 15 is 0 Å². The van der Waals surface area contributed by atoms with Crippen molar-refractivity contribution in [2.45, 2.75) is 6.42 Å². The normalized spacial score (nSPS) is 10.3. The summed E-state index contributed by atoms with van der Waals surface area (Å²) in [6, 6.07) is 7.72. The predicted molar refractivity (Wildman–Crippen MR) is 72.1 cm³/mol. The lowest BCUT2D eigenvalue weighted by Gasteiger charge is -2.06. The Morgan fingerprint density at radius 1 is 1.31 bits per heavy atom. The average Bonchev–Trinajstić information content (AvgIpc) is 2.69. The zero-order valence-corrected chi connectivity index (χ0v) is 11.1. The van der Waals surface area contributed by atoms with Crippen LogP contribution in [0, 0.1) is 0 Å². The van der Waals surface area contributed by atoms with Gasteiger partial charge < -0.3 is 10.5 Å². The maximum Gasteiger partial charge on any atom is 0.122 e. The number of ether oxygens (including phenoxy) is 1. The molecule has 0 unspecified atom stereocenters. The number of nitrogens with two attached hydrogens (primary N) is 1. The molecular weight excluding hydrogens is 286 g/mol. The third-order valence-electron chi connectivity index (χ3n) is 2.13. The maximum atomic E-state index is 5.72. The van der Waals surface area contributed by atoms with Crippen molar-refractivity contribution in [3.63, 3.8) is 0 Å². The van der Waals surface area contributed by atoms with E-state index in [-0.39, 0.29) is 0 Å². The summed E-state index contributed by atoms with van der Waals surface area (Å²) in [5, 5.41) is 4.21. The molecule has 0 bridgehead atoms. The van der Waals surface area contributed by atoms with E-state index in [1.165, 1.54) is 5.56 Å². The van der Waals surface area contributed by atoms with Crippen LogP contribution < -0.4 is 10.5 Å². The Hall–Kier alpha value is -1.00. The van der Waals surface area contributed by atoms with E-state index in [2.05, 4.69) is 32.8 Å². The highest BCUT2D eigenvalue weighted by molar-refractivity contribution is 9.10. The smallest absolute Gasteiger partial charge is 0.122 e. The fraction of sp³-hybridized carbons (Fsp3) is 0.167. The number of rotatable bonds is 4. The summed E-state index contributed by atoms with van der Waals surface area (Å²) in [6.45, 7) is 0.673. The fourth-order valence-electron chi connectivity index (χ4n) is 1.39. The van der Waals surface area contributed by atoms with Gasteiger partial charge in [0.2, 0.25) is 0 Å². The molecule has 4 heteroatoms. The molecule has 2 rings (SSSR count). The van der Waals surface area contributed by atoms with Gasteiger partial charge in [-0.2, -0.15) is 11.3 Å². The second kappa shape index (κ2) is 5.37. The largest absolute Gasteiger partial charge is 0.493 e. The minimum absolute atomic E-state index is 0.673. The lowest BCUT2D eigenvalue weighted by Crippen LogP contribution is -2.01. The lowest BCUT2D eigenvalue weighted by atomic mass is 10.2. The van der Waals surface area contributed by atoms with E-state index in [1.54, 1.807) is 11.3 Å². The molecule has 0 saturated heterocycles. The first-order valence-corrected chi connectivity index (χ1v) is 6.67. The van der Waals surface area contributed by atoms with Crippen molar-refractivity contribution in [2.24, 2.45) is 0 Å². The number of hydrogen-bond acceptors (Lipinski definition) is 3. The molecule has 0 aliphatic heterocycles. The van der Waals surface area contributed by atoms with Crippen LogP contribution in [0.15, 0.2) is 39.5 Å². The summed E-state index contributed by atoms with van der Waals surface area (Å²) >= 11 is 5.09. The number of halogens is 1. The van der Waals surface area contributed by atoms with Crippen LogP contribution in [0.1, 0.15) is 5.56 Å². The van der Waals surface area contributed by atoms with Crippen molar-refractivity contribution in [1.82, 2.24) is 0 Å². The number of thiophene rings is 1. The zero-order chi connectivity index (χ0) is 11.4. The predicted octanol–water partition coefficient (Wildman–Crippen LogP) is 3.71. The van der Waals surface area contributed by atoms with Crippen LogP contribution in [0.3, 0.4) is 0 Å². The molecule has 2 nitrogen and oxygen atoms in total. The summed E-state index contributed by atoms with van der Waals surface area (Å²) in [4.78, 5) is 0. The molecule has 0 amide bonds. The van der Waals surface area contributed by atoms with Crippen LogP contribution in [0.2, 0.25) is 0 Å². The van der Waals surface area contributed by atoms with Crippen molar-refractivity contribution in [2.75, 3.05) is 12.3 Å². The van der Waals surface area contributed by atoms with Crippen molar-refractivity contribution in [3.8, 4) is 5.75 Å². The van der Waals surface area contributed by atoms with Gasteiger partial charge in [0.15, 0.2) is 0 Å². The number of nitrogen functional groups attached to an aromatic ring is 1. The highest BCUT2D eigenvalue weighted by Crippen LogP contribution is 2.22. The molecule has 2 aromatic rings. The van der Waals surface area contributed by atoms with E-state index in [9.17, 15) is 0 Å². The van der Waals surface area contributed by atoms with Crippen LogP contribution in [-0.4, -0.2) is 6.61 Å². The van der Waals surface area contributed by atoms with Gasteiger partial charge in [0, 0.05) is 22.6 Å². The molecule has 0 aliphatic rings. The van der Waals surface area contributed by atoms with E-state index in [0.29, 0.717) is 12.3 Å². The number of anilines is 1. The Morgan fingerprint density at radius 3 is 2.88 bits per heavy atom. The molecule has 0 radical (unpaired) electrons. The Bertz CT molecular complexity index is 436. The van der Waals surface area contributed by atoms with Crippen LogP contribution in [0.25, 0.3) is 0 Å². The van der Waals surface area contributed by atoms with Gasteiger partial charge in [0.25, 0.3) is 0 Å². The minimum Gasteiger partial charge on any atom is -0.493 e. The molecule has 1 aromatic heterocycles. The number of hydrogen-bond donors (Lipinski definition) is 1. The topological polar surface area (TPSA) is 35.2 Å². The third-order valence-corrected chi connectivity index (χ3v) is 3.32. The van der Waals surface area contributed by atoms with Crippen molar-refractivity contribution < 1.29 is 4.74 Å². The third kappa shape index (κ3) is 3.25. The van der Waals surface area contributed by atoms with Crippen molar-refractivity contribution in [3.05, 3.63) is 45.1 Å². The van der Waals surface area contributed by atoms with Crippen LogP contribution in [0.4, 0.5) is 5.69 Å². The molecule has 16 heavy (non-hydrogen) atoms. The Labute approximate surface area is 107 Å². The van der Waals surface area contributed by atoms with Gasteiger partial charge in [-0.3, -0.25) is 0 Å². The quantitative estimate of drug-likeness (QED) is 0.873. The summed E-state index contributed by atoms with van der Waals surface area (Å²) in [7, 11) is 0. The summed E-state index contributed by atoms with van der Waals surface area (Å²) in [5.41, 5.74) is 7.74. The summed E-state index contributed by atoms with van der Waals surface area (Å²) < 4.78 is 6.58. The van der Waals surface area contributed by atoms with Crippen LogP contribution >= 0.6 is 27.3 Å². The molecule has 0 atom stereocenters. The second-order valence-electron chi connectivity index (χ2n) is 3.45. The van der Waals surface area contributed by atoms with Gasteiger partial charge in [-0.1, -0.05) is 15.9 Å². The molecule has 1 aromatic carbocycles. The van der Waals surface area contributed by atoms with Gasteiger partial charge >= 0.3 is 0 Å². The Kier molecular flexibility index (Phi) is 3.85. The number of benzene rings is 1. The van der Waals surface area contributed by atoms with Gasteiger partial charge in [-0.25, -0.2) is 0 Å². The highest BCUT2D eigenvalue weighted by Gasteiger charge is 1.99. The van der Waals surface area contributed by atoms with Crippen molar-refractivity contribution >= 4 is 33.0 Å². The lowest BCUT2D eigenvalue weighted by molar-refractivity contribution is 0.322. The van der Waals surface area contributed by atoms with Gasteiger partial charge in [-0.05, 0) is 34.5 Å². The molecular formula is C12H12BrNOS. The first-order chi connectivity index (χ1) is 7.74. The SMILES string of the molecule is Nc1cc(Br)cc(OCCc2ccsc2)c1. The monoisotopic (exact) mass is 297 g/mol. The zero-order valence-electron chi connectivity index (χ0n) is 8.65. The molecule has 0 aliphatic carbocycles. The highest BCUT2D eigenvalue weighted by atomic mass is 79.9. The first kappa shape index (κ1) is 11.5. The standard InChI is InChI=1S/C12H12BrNOS/c13-10-5-11(14)7-12(6-10)15-3-1-9-2-4-16-8-9/h2,4-8H,1,3,14H2. The molecule has 0 fully saturated rings. The molecule has 0 saturated carbocycles. The second-order valence-corrected chi connectivity index (χ2v) is 5.15. The fourth-order valence-corrected chi connectivity index (χ4v) is 2.58. The van der Waals surface area contributed by atoms with E-state index in [1.807, 2.05) is 18.2 Å². The molecule has 2 N–H and O–H groups in total. The molecule has 1 heterocycles. The van der Waals surface area contributed by atoms with Crippen LogP contribution in [0.5, 0.6) is 5.75 Å². The van der Waals surface area contributed by atoms with E-state index < -0.39 is 0 Å². The van der Waals surface area contributed by atoms with Crippen molar-refractivity contribution in [1.29, 1.82) is 0 Å². The van der Waals surface area contributed by atoms with Gasteiger partial charge in [0.1, 0.15) is 5.75 Å². The van der Waals surface area contributed by atoms with E-state index in [0.717, 1.165) is 16.6 Å². The Balaban J connectivity index is 1.89.